The number of hydrogen-bond acceptors (Lipinski definition) is 3. The summed E-state index contributed by atoms with van der Waals surface area (Å²) in [5.41, 5.74) is 0. The van der Waals surface area contributed by atoms with Crippen molar-refractivity contribution >= 4 is 30.7 Å². The van der Waals surface area contributed by atoms with E-state index >= 15 is 0 Å². The third-order valence-corrected chi connectivity index (χ3v) is 1.91. The zero-order valence-electron chi connectivity index (χ0n) is 7.33. The number of phosphoric acid groups is 2. The van der Waals surface area contributed by atoms with Crippen LogP contribution in [-0.4, -0.2) is 34.7 Å². The van der Waals surface area contributed by atoms with Crippen LogP contribution in [0.2, 0.25) is 0 Å². The van der Waals surface area contributed by atoms with Gasteiger partial charge in [-0.2, -0.15) is 4.31 Å². The van der Waals surface area contributed by atoms with E-state index in [-0.39, 0.29) is 0 Å². The molecule has 17 heavy (non-hydrogen) atoms. The Bertz CT molecular complexity index is 228. The summed E-state index contributed by atoms with van der Waals surface area (Å²) in [5.74, 6) is 0. The normalized spacial score (nSPS) is 10.5. The van der Waals surface area contributed by atoms with Crippen molar-refractivity contribution in [1.29, 1.82) is 0 Å². The second-order valence-corrected chi connectivity index (χ2v) is 4.17. The molecule has 0 rings (SSSR count). The van der Waals surface area contributed by atoms with Crippen molar-refractivity contribution in [2.24, 2.45) is 0 Å². The quantitative estimate of drug-likeness (QED) is 0.340. The van der Waals surface area contributed by atoms with Gasteiger partial charge in [0.05, 0.1) is 0 Å². The fourth-order valence-electron chi connectivity index (χ4n) is 0.139. The Morgan fingerprint density at radius 3 is 0.824 bits per heavy atom. The van der Waals surface area contributed by atoms with E-state index in [1.165, 1.54) is 0 Å². The molecule has 0 saturated carbocycles. The van der Waals surface area contributed by atoms with Crippen LogP contribution in [-0.2, 0) is 13.4 Å². The van der Waals surface area contributed by atoms with Crippen molar-refractivity contribution < 1.29 is 58.9 Å². The number of halogens is 6. The molecule has 0 atom stereocenters. The van der Waals surface area contributed by atoms with Gasteiger partial charge < -0.3 is 19.6 Å². The number of rotatable bonds is 2. The summed E-state index contributed by atoms with van der Waals surface area (Å²) in [7, 11) is -17.4. The first-order chi connectivity index (χ1) is 7.17. The summed E-state index contributed by atoms with van der Waals surface area (Å²) in [5, 5.41) is 0. The lowest BCUT2D eigenvalue weighted by Gasteiger charge is -2.03. The van der Waals surface area contributed by atoms with Gasteiger partial charge in [-0.1, -0.05) is 0 Å². The van der Waals surface area contributed by atoms with Crippen LogP contribution in [0.5, 0.6) is 0 Å². The van der Waals surface area contributed by atoms with E-state index in [1.54, 1.807) is 0 Å². The molecule has 0 radical (unpaired) electrons. The average molecular weight is 314 g/mol. The summed E-state index contributed by atoms with van der Waals surface area (Å²) in [6.07, 6.45) is 0. The van der Waals surface area contributed by atoms with Crippen molar-refractivity contribution in [3.05, 3.63) is 0 Å². The maximum absolute atomic E-state index is 9.67. The fraction of sp³-hybridized carbons (Fsp3) is 0. The predicted molar refractivity (Wildman–Crippen MR) is 43.3 cm³/mol. The van der Waals surface area contributed by atoms with E-state index < -0.39 is 30.7 Å². The Morgan fingerprint density at radius 2 is 0.824 bits per heavy atom. The molecule has 4 N–H and O–H groups in total. The zero-order chi connectivity index (χ0) is 14.9. The first-order valence-corrected chi connectivity index (χ1v) is 5.90. The molecule has 0 unspecified atom stereocenters. The van der Waals surface area contributed by atoms with Gasteiger partial charge in [-0.05, 0) is 0 Å². The molecule has 0 bridgehead atoms. The highest BCUT2D eigenvalue weighted by Crippen LogP contribution is 2.53. The van der Waals surface area contributed by atoms with Crippen LogP contribution in [0.1, 0.15) is 0 Å². The average Bonchev–Trinajstić information content (AvgIpc) is 1.70. The lowest BCUT2D eigenvalue weighted by Crippen LogP contribution is -1.84. The van der Waals surface area contributed by atoms with Gasteiger partial charge in [-0.25, -0.2) is 9.13 Å². The molecule has 17 heteroatoms. The van der Waals surface area contributed by atoms with Crippen LogP contribution < -0.4 is 0 Å². The molecule has 0 aromatic rings. The molecule has 104 valence electrons. The molecule has 0 amide bonds. The van der Waals surface area contributed by atoms with Gasteiger partial charge in [0.1, 0.15) is 0 Å². The highest BCUT2D eigenvalue weighted by Gasteiger charge is 2.27. The lowest BCUT2D eigenvalue weighted by molar-refractivity contribution is 0.225. The minimum absolute atomic E-state index is 2.96. The summed E-state index contributed by atoms with van der Waals surface area (Å²) in [6.45, 7) is 0. The van der Waals surface area contributed by atoms with Crippen LogP contribution >= 0.6 is 15.6 Å². The fourth-order valence-corrected chi connectivity index (χ4v) is 1.25. The molecular formula is H4B2F6O7P2. The standard InChI is InChI=1S/2BF3.H4O7P2/c2*2-1(3)4;1-8(2,3)7-9(4,5)6/h;;(H2,1,2,3)(H2,4,5,6). The molecule has 0 saturated heterocycles. The van der Waals surface area contributed by atoms with Gasteiger partial charge >= 0.3 is 30.7 Å². The van der Waals surface area contributed by atoms with Gasteiger partial charge in [0.15, 0.2) is 0 Å². The first-order valence-electron chi connectivity index (χ1n) is 2.84. The van der Waals surface area contributed by atoms with Crippen LogP contribution in [0.3, 0.4) is 0 Å². The summed E-state index contributed by atoms with van der Waals surface area (Å²) >= 11 is 0. The maximum atomic E-state index is 9.67. The van der Waals surface area contributed by atoms with Crippen LogP contribution in [0.25, 0.3) is 0 Å². The van der Waals surface area contributed by atoms with E-state index in [4.69, 9.17) is 19.6 Å². The zero-order valence-corrected chi connectivity index (χ0v) is 9.12. The van der Waals surface area contributed by atoms with Crippen LogP contribution in [0.4, 0.5) is 25.9 Å². The van der Waals surface area contributed by atoms with Gasteiger partial charge in [0.2, 0.25) is 0 Å². The van der Waals surface area contributed by atoms with E-state index in [0.29, 0.717) is 0 Å². The Labute approximate surface area is 90.7 Å². The minimum atomic E-state index is -5.05. The van der Waals surface area contributed by atoms with Crippen molar-refractivity contribution in [1.82, 2.24) is 0 Å². The van der Waals surface area contributed by atoms with E-state index in [1.807, 2.05) is 0 Å². The predicted octanol–water partition coefficient (Wildman–Crippen LogP) is 0.948. The van der Waals surface area contributed by atoms with Crippen LogP contribution in [0.15, 0.2) is 0 Å². The van der Waals surface area contributed by atoms with E-state index in [0.717, 1.165) is 0 Å². The molecule has 0 aromatic heterocycles. The molecule has 7 nitrogen and oxygen atoms in total. The van der Waals surface area contributed by atoms with Crippen molar-refractivity contribution in [2.75, 3.05) is 0 Å². The molecule has 0 aliphatic carbocycles. The highest BCUT2D eigenvalue weighted by molar-refractivity contribution is 7.60. The molecular weight excluding hydrogens is 310 g/mol. The van der Waals surface area contributed by atoms with Crippen molar-refractivity contribution in [3.8, 4) is 0 Å². The maximum Gasteiger partial charge on any atom is 0.762 e. The molecule has 0 aliphatic heterocycles. The molecule has 0 heterocycles. The van der Waals surface area contributed by atoms with Crippen molar-refractivity contribution in [2.45, 2.75) is 0 Å². The lowest BCUT2D eigenvalue weighted by atomic mass is 10.5. The van der Waals surface area contributed by atoms with Gasteiger partial charge in [0, 0.05) is 0 Å². The first kappa shape index (κ1) is 22.2. The van der Waals surface area contributed by atoms with E-state index in [9.17, 15) is 35.0 Å². The second kappa shape index (κ2) is 9.95. The number of hydrogen-bond donors (Lipinski definition) is 4. The second-order valence-electron chi connectivity index (χ2n) is 1.56. The summed E-state index contributed by atoms with van der Waals surface area (Å²) in [4.78, 5) is 31.0. The topological polar surface area (TPSA) is 124 Å². The van der Waals surface area contributed by atoms with E-state index in [2.05, 4.69) is 4.31 Å². The Hall–Kier alpha value is -0.0301. The summed E-state index contributed by atoms with van der Waals surface area (Å²) < 4.78 is 80.2. The molecule has 0 aromatic carbocycles. The molecule has 0 spiro atoms. The Kier molecular flexibility index (Phi) is 13.0. The third-order valence-electron chi connectivity index (χ3n) is 0.213. The Balaban J connectivity index is -0.000000205. The molecule has 0 aliphatic rings. The van der Waals surface area contributed by atoms with Gasteiger partial charge in [-0.3, -0.25) is 25.9 Å². The highest BCUT2D eigenvalue weighted by atomic mass is 31.3. The Morgan fingerprint density at radius 1 is 0.706 bits per heavy atom. The van der Waals surface area contributed by atoms with Crippen molar-refractivity contribution in [3.63, 3.8) is 0 Å². The smallest absolute Gasteiger partial charge is 0.302 e. The minimum Gasteiger partial charge on any atom is -0.302 e. The van der Waals surface area contributed by atoms with Gasteiger partial charge in [-0.15, -0.1) is 0 Å². The van der Waals surface area contributed by atoms with Crippen LogP contribution in [0, 0.1) is 0 Å². The third kappa shape index (κ3) is 87.4. The summed E-state index contributed by atoms with van der Waals surface area (Å²) in [6, 6.07) is 0. The largest absolute Gasteiger partial charge is 0.762 e. The van der Waals surface area contributed by atoms with Gasteiger partial charge in [0.25, 0.3) is 0 Å². The molecule has 0 fully saturated rings. The monoisotopic (exact) mass is 314 g/mol. The SMILES string of the molecule is FB(F)F.FB(F)F.O=P(O)(O)OP(=O)(O)O.